The third kappa shape index (κ3) is 5.50. The normalized spacial score (nSPS) is 25.6. The lowest BCUT2D eigenvalue weighted by Gasteiger charge is -2.35. The highest BCUT2D eigenvalue weighted by Crippen LogP contribution is 2.44. The zero-order valence-electron chi connectivity index (χ0n) is 22.6. The molecule has 1 aromatic carbocycles. The number of likely N-dealkylation sites (tertiary alicyclic amines) is 1. The summed E-state index contributed by atoms with van der Waals surface area (Å²) < 4.78 is 58.7. The van der Waals surface area contributed by atoms with E-state index in [-0.39, 0.29) is 31.6 Å². The first-order valence-electron chi connectivity index (χ1n) is 14.2. The van der Waals surface area contributed by atoms with Gasteiger partial charge in [-0.3, -0.25) is 9.69 Å². The minimum atomic E-state index is -4.26. The van der Waals surface area contributed by atoms with E-state index in [4.69, 9.17) is 4.74 Å². The zero-order valence-corrected chi connectivity index (χ0v) is 22.6. The molecule has 7 nitrogen and oxygen atoms in total. The van der Waals surface area contributed by atoms with Crippen LogP contribution in [0.2, 0.25) is 0 Å². The van der Waals surface area contributed by atoms with Crippen LogP contribution in [0.3, 0.4) is 0 Å². The predicted molar refractivity (Wildman–Crippen MR) is 144 cm³/mol. The zero-order chi connectivity index (χ0) is 28.0. The third-order valence-corrected chi connectivity index (χ3v) is 9.00. The van der Waals surface area contributed by atoms with Crippen molar-refractivity contribution in [3.8, 4) is 0 Å². The van der Waals surface area contributed by atoms with Gasteiger partial charge < -0.3 is 19.9 Å². The van der Waals surface area contributed by atoms with Crippen LogP contribution in [0.1, 0.15) is 50.5 Å². The van der Waals surface area contributed by atoms with Gasteiger partial charge >= 0.3 is 6.18 Å². The summed E-state index contributed by atoms with van der Waals surface area (Å²) in [6, 6.07) is 8.20. The molecular formula is C29H35F4N5O2. The minimum Gasteiger partial charge on any atom is -0.381 e. The summed E-state index contributed by atoms with van der Waals surface area (Å²) in [5.74, 6) is -0.569. The van der Waals surface area contributed by atoms with Gasteiger partial charge in [-0.2, -0.15) is 13.2 Å². The van der Waals surface area contributed by atoms with Crippen LogP contribution < -0.4 is 15.1 Å². The largest absolute Gasteiger partial charge is 0.401 e. The molecule has 3 fully saturated rings. The summed E-state index contributed by atoms with van der Waals surface area (Å²) in [6.45, 7) is -0.420. The molecule has 40 heavy (non-hydrogen) atoms. The molecule has 0 spiro atoms. The van der Waals surface area contributed by atoms with Crippen molar-refractivity contribution >= 4 is 28.8 Å². The number of anilines is 4. The quantitative estimate of drug-likeness (QED) is 0.489. The van der Waals surface area contributed by atoms with Gasteiger partial charge in [-0.15, -0.1) is 0 Å². The molecule has 0 aliphatic carbocycles. The van der Waals surface area contributed by atoms with Gasteiger partial charge in [0.15, 0.2) is 0 Å². The number of fused-ring (bicyclic) bond motifs is 4. The number of hydrogen-bond acceptors (Lipinski definition) is 6. The summed E-state index contributed by atoms with van der Waals surface area (Å²) in [5, 5.41) is 3.30. The van der Waals surface area contributed by atoms with E-state index >= 15 is 0 Å². The van der Waals surface area contributed by atoms with Crippen LogP contribution in [-0.2, 0) is 16.1 Å². The van der Waals surface area contributed by atoms with Crippen LogP contribution in [0.5, 0.6) is 0 Å². The van der Waals surface area contributed by atoms with E-state index in [1.54, 1.807) is 12.0 Å². The first-order chi connectivity index (χ1) is 19.2. The molecule has 6 rings (SSSR count). The number of aromatic nitrogens is 1. The molecule has 1 N–H and O–H groups in total. The van der Waals surface area contributed by atoms with Crippen LogP contribution in [0, 0.1) is 11.7 Å². The van der Waals surface area contributed by atoms with Crippen molar-refractivity contribution in [1.82, 2.24) is 9.88 Å². The van der Waals surface area contributed by atoms with Gasteiger partial charge in [0.2, 0.25) is 5.91 Å². The molecule has 1 aromatic heterocycles. The first-order valence-corrected chi connectivity index (χ1v) is 14.2. The molecule has 3 atom stereocenters. The highest BCUT2D eigenvalue weighted by Gasteiger charge is 2.40. The Hall–Kier alpha value is -2.92. The molecule has 4 aliphatic heterocycles. The van der Waals surface area contributed by atoms with Crippen LogP contribution in [-0.4, -0.2) is 66.9 Å². The first kappa shape index (κ1) is 27.3. The smallest absolute Gasteiger partial charge is 0.381 e. The molecular weight excluding hydrogens is 526 g/mol. The second kappa shape index (κ2) is 10.8. The van der Waals surface area contributed by atoms with E-state index in [0.717, 1.165) is 44.0 Å². The van der Waals surface area contributed by atoms with Crippen molar-refractivity contribution in [2.45, 2.75) is 75.9 Å². The summed E-state index contributed by atoms with van der Waals surface area (Å²) >= 11 is 0. The van der Waals surface area contributed by atoms with Gasteiger partial charge in [0.05, 0.1) is 36.8 Å². The molecule has 216 valence electrons. The standard InChI is InChI=1S/C29H35F4N5O2/c1-40-24-6-4-21-2-3-22(13-24)38(21)23-5-7-25-26(14-23)37(16-19-12-20(30)15-34-27(19)35-25)28(39)18-8-10-36(11-9-18)17-29(31,32)33/h5,7,12,14-15,18,21-22,24H,2-4,6,8-11,13,16-17H2,1H3,(H,34,35)/t21?,22-,24-/m1/s1. The fourth-order valence-electron chi connectivity index (χ4n) is 7.03. The maximum absolute atomic E-state index is 14.2. The number of pyridine rings is 1. The number of halogens is 4. The van der Waals surface area contributed by atoms with Crippen molar-refractivity contribution in [2.24, 2.45) is 5.92 Å². The minimum absolute atomic E-state index is 0.129. The van der Waals surface area contributed by atoms with E-state index in [0.29, 0.717) is 47.7 Å². The highest BCUT2D eigenvalue weighted by atomic mass is 19.4. The molecule has 11 heteroatoms. The summed E-state index contributed by atoms with van der Waals surface area (Å²) in [6.07, 6.45) is 3.02. The van der Waals surface area contributed by atoms with Crippen molar-refractivity contribution in [1.29, 1.82) is 0 Å². The lowest BCUT2D eigenvalue weighted by Crippen LogP contribution is -2.45. The van der Waals surface area contributed by atoms with Gasteiger partial charge in [0.1, 0.15) is 11.6 Å². The van der Waals surface area contributed by atoms with Crippen molar-refractivity contribution in [3.63, 3.8) is 0 Å². The average molecular weight is 562 g/mol. The van der Waals surface area contributed by atoms with Gasteiger partial charge in [-0.1, -0.05) is 0 Å². The number of carbonyl (C=O) groups excluding carboxylic acids is 1. The molecule has 3 saturated heterocycles. The molecule has 5 heterocycles. The van der Waals surface area contributed by atoms with E-state index < -0.39 is 24.5 Å². The number of benzene rings is 1. The number of carbonyl (C=O) groups is 1. The molecule has 1 amide bonds. The number of alkyl halides is 3. The van der Waals surface area contributed by atoms with E-state index in [1.807, 2.05) is 12.1 Å². The lowest BCUT2D eigenvalue weighted by atomic mass is 9.94. The number of rotatable bonds is 4. The Morgan fingerprint density at radius 2 is 1.82 bits per heavy atom. The third-order valence-electron chi connectivity index (χ3n) is 9.00. The number of nitrogens with zero attached hydrogens (tertiary/aromatic N) is 4. The Balaban J connectivity index is 1.31. The second-order valence-corrected chi connectivity index (χ2v) is 11.5. The SMILES string of the molecule is CO[C@@H]1CCC2CC[C@H](C1)N2c1ccc2c(c1)N(C(=O)C1CCN(CC(F)(F)F)CC1)Cc1cc(F)cnc1N2. The molecule has 4 aliphatic rings. The van der Waals surface area contributed by atoms with Gasteiger partial charge in [-0.25, -0.2) is 9.37 Å². The van der Waals surface area contributed by atoms with Crippen molar-refractivity contribution < 1.29 is 27.1 Å². The number of methoxy groups -OCH3 is 1. The van der Waals surface area contributed by atoms with Crippen LogP contribution in [0.25, 0.3) is 0 Å². The lowest BCUT2D eigenvalue weighted by molar-refractivity contribution is -0.149. The molecule has 1 unspecified atom stereocenters. The molecule has 0 saturated carbocycles. The average Bonchev–Trinajstić information content (AvgIpc) is 3.12. The molecule has 0 radical (unpaired) electrons. The van der Waals surface area contributed by atoms with E-state index in [1.165, 1.54) is 11.0 Å². The number of ether oxygens (including phenoxy) is 1. The summed E-state index contributed by atoms with van der Waals surface area (Å²) in [4.78, 5) is 23.8. The maximum Gasteiger partial charge on any atom is 0.401 e. The number of hydrogen-bond donors (Lipinski definition) is 1. The van der Waals surface area contributed by atoms with Crippen molar-refractivity contribution in [3.05, 3.63) is 41.8 Å². The topological polar surface area (TPSA) is 60.9 Å². The Kier molecular flexibility index (Phi) is 7.37. The van der Waals surface area contributed by atoms with Gasteiger partial charge in [0.25, 0.3) is 0 Å². The predicted octanol–water partition coefficient (Wildman–Crippen LogP) is 5.62. The fraction of sp³-hybridized carbons (Fsp3) is 0.586. The number of amides is 1. The Morgan fingerprint density at radius 1 is 1.07 bits per heavy atom. The van der Waals surface area contributed by atoms with Crippen LogP contribution in [0.15, 0.2) is 30.5 Å². The number of nitrogens with one attached hydrogen (secondary N) is 1. The molecule has 2 bridgehead atoms. The highest BCUT2D eigenvalue weighted by molar-refractivity contribution is 6.00. The van der Waals surface area contributed by atoms with Crippen LogP contribution >= 0.6 is 0 Å². The Morgan fingerprint density at radius 3 is 2.58 bits per heavy atom. The van der Waals surface area contributed by atoms with E-state index in [2.05, 4.69) is 21.3 Å². The summed E-state index contributed by atoms with van der Waals surface area (Å²) in [7, 11) is 1.77. The van der Waals surface area contributed by atoms with Crippen molar-refractivity contribution in [2.75, 3.05) is 41.9 Å². The van der Waals surface area contributed by atoms with Gasteiger partial charge in [-0.05, 0) is 82.3 Å². The van der Waals surface area contributed by atoms with E-state index in [9.17, 15) is 22.4 Å². The van der Waals surface area contributed by atoms with Crippen LogP contribution in [0.4, 0.5) is 40.4 Å². The second-order valence-electron chi connectivity index (χ2n) is 11.5. The Labute approximate surface area is 231 Å². The maximum atomic E-state index is 14.2. The number of piperidine rings is 1. The summed E-state index contributed by atoms with van der Waals surface area (Å²) in [5.41, 5.74) is 2.97. The fourth-order valence-corrected chi connectivity index (χ4v) is 7.03. The monoisotopic (exact) mass is 561 g/mol. The Bertz CT molecular complexity index is 1250. The molecule has 2 aromatic rings. The van der Waals surface area contributed by atoms with Gasteiger partial charge in [0, 0.05) is 36.4 Å².